The van der Waals surface area contributed by atoms with Crippen molar-refractivity contribution in [1.29, 1.82) is 0 Å². The van der Waals surface area contributed by atoms with E-state index in [0.29, 0.717) is 5.92 Å². The molecule has 0 spiro atoms. The Morgan fingerprint density at radius 3 is 2.67 bits per heavy atom. The molecule has 1 saturated heterocycles. The zero-order valence-electron chi connectivity index (χ0n) is 7.99. The van der Waals surface area contributed by atoms with Crippen LogP contribution >= 0.6 is 0 Å². The SMILES string of the molecule is CC(C)COCCN1CC(O)C1. The van der Waals surface area contributed by atoms with Crippen LogP contribution in [0.15, 0.2) is 0 Å². The minimum absolute atomic E-state index is 0.0879. The van der Waals surface area contributed by atoms with Crippen LogP contribution in [0.25, 0.3) is 0 Å². The van der Waals surface area contributed by atoms with E-state index in [9.17, 15) is 0 Å². The summed E-state index contributed by atoms with van der Waals surface area (Å²) in [4.78, 5) is 2.20. The molecule has 0 aromatic heterocycles. The Bertz CT molecular complexity index is 122. The topological polar surface area (TPSA) is 32.7 Å². The highest BCUT2D eigenvalue weighted by Gasteiger charge is 2.23. The molecular weight excluding hydrogens is 154 g/mol. The number of nitrogens with zero attached hydrogens (tertiary/aromatic N) is 1. The predicted molar refractivity (Wildman–Crippen MR) is 48.1 cm³/mol. The van der Waals surface area contributed by atoms with Gasteiger partial charge in [0.15, 0.2) is 0 Å². The number of hydrogen-bond acceptors (Lipinski definition) is 3. The summed E-state index contributed by atoms with van der Waals surface area (Å²) in [5.74, 6) is 0.618. The van der Waals surface area contributed by atoms with Gasteiger partial charge in [0.1, 0.15) is 0 Å². The minimum atomic E-state index is -0.0879. The molecule has 1 aliphatic heterocycles. The molecule has 1 rings (SSSR count). The van der Waals surface area contributed by atoms with E-state index in [0.717, 1.165) is 32.8 Å². The minimum Gasteiger partial charge on any atom is -0.390 e. The van der Waals surface area contributed by atoms with E-state index in [1.807, 2.05) is 0 Å². The lowest BCUT2D eigenvalue weighted by atomic mass is 10.2. The number of ether oxygens (including phenoxy) is 1. The Morgan fingerprint density at radius 1 is 1.50 bits per heavy atom. The van der Waals surface area contributed by atoms with Crippen LogP contribution in [0.3, 0.4) is 0 Å². The van der Waals surface area contributed by atoms with Crippen molar-refractivity contribution in [2.45, 2.75) is 20.0 Å². The van der Waals surface area contributed by atoms with E-state index in [1.165, 1.54) is 0 Å². The average molecular weight is 173 g/mol. The second-order valence-electron chi connectivity index (χ2n) is 3.88. The Labute approximate surface area is 74.3 Å². The first-order valence-corrected chi connectivity index (χ1v) is 4.66. The van der Waals surface area contributed by atoms with Gasteiger partial charge in [-0.3, -0.25) is 4.90 Å². The van der Waals surface area contributed by atoms with E-state index in [1.54, 1.807) is 0 Å². The van der Waals surface area contributed by atoms with Gasteiger partial charge >= 0.3 is 0 Å². The van der Waals surface area contributed by atoms with E-state index in [-0.39, 0.29) is 6.10 Å². The summed E-state index contributed by atoms with van der Waals surface area (Å²) in [6, 6.07) is 0. The number of aliphatic hydroxyl groups excluding tert-OH is 1. The highest BCUT2D eigenvalue weighted by molar-refractivity contribution is 4.77. The van der Waals surface area contributed by atoms with Crippen LogP contribution in [0, 0.1) is 5.92 Å². The van der Waals surface area contributed by atoms with Crippen LogP contribution in [0.1, 0.15) is 13.8 Å². The number of rotatable bonds is 5. The van der Waals surface area contributed by atoms with Crippen molar-refractivity contribution in [1.82, 2.24) is 4.90 Å². The van der Waals surface area contributed by atoms with Gasteiger partial charge in [0.05, 0.1) is 12.7 Å². The summed E-state index contributed by atoms with van der Waals surface area (Å²) in [7, 11) is 0. The van der Waals surface area contributed by atoms with Gasteiger partial charge in [-0.05, 0) is 5.92 Å². The second kappa shape index (κ2) is 4.80. The second-order valence-corrected chi connectivity index (χ2v) is 3.88. The van der Waals surface area contributed by atoms with Crippen molar-refractivity contribution in [2.75, 3.05) is 32.8 Å². The molecule has 0 amide bonds. The lowest BCUT2D eigenvalue weighted by molar-refractivity contribution is -0.0166. The smallest absolute Gasteiger partial charge is 0.0793 e. The van der Waals surface area contributed by atoms with Gasteiger partial charge in [-0.2, -0.15) is 0 Å². The molecule has 0 radical (unpaired) electrons. The molecule has 1 aliphatic rings. The van der Waals surface area contributed by atoms with Crippen molar-refractivity contribution in [2.24, 2.45) is 5.92 Å². The van der Waals surface area contributed by atoms with Gasteiger partial charge < -0.3 is 9.84 Å². The van der Waals surface area contributed by atoms with Crippen molar-refractivity contribution in [3.63, 3.8) is 0 Å². The number of likely N-dealkylation sites (tertiary alicyclic amines) is 1. The first-order valence-electron chi connectivity index (χ1n) is 4.66. The van der Waals surface area contributed by atoms with Gasteiger partial charge in [0.25, 0.3) is 0 Å². The zero-order chi connectivity index (χ0) is 8.97. The van der Waals surface area contributed by atoms with Crippen LogP contribution in [0.2, 0.25) is 0 Å². The number of β-amino-alcohol motifs (C(OH)–C–C–N with tert-alkyl or cyclic N) is 1. The number of hydrogen-bond donors (Lipinski definition) is 1. The standard InChI is InChI=1S/C9H19NO2/c1-8(2)7-12-4-3-10-5-9(11)6-10/h8-9,11H,3-7H2,1-2H3. The molecule has 3 nitrogen and oxygen atoms in total. The van der Waals surface area contributed by atoms with E-state index < -0.39 is 0 Å². The van der Waals surface area contributed by atoms with E-state index >= 15 is 0 Å². The summed E-state index contributed by atoms with van der Waals surface area (Å²) < 4.78 is 5.41. The van der Waals surface area contributed by atoms with Crippen molar-refractivity contribution < 1.29 is 9.84 Å². The van der Waals surface area contributed by atoms with E-state index in [2.05, 4.69) is 18.7 Å². The molecule has 3 heteroatoms. The van der Waals surface area contributed by atoms with Gasteiger partial charge in [-0.15, -0.1) is 0 Å². The average Bonchev–Trinajstić information content (AvgIpc) is 1.93. The van der Waals surface area contributed by atoms with Crippen LogP contribution in [-0.2, 0) is 4.74 Å². The normalized spacial score (nSPS) is 20.0. The maximum atomic E-state index is 8.98. The first kappa shape index (κ1) is 9.96. The van der Waals surface area contributed by atoms with Gasteiger partial charge in [0.2, 0.25) is 0 Å². The third-order valence-corrected chi connectivity index (χ3v) is 1.94. The molecule has 0 saturated carbocycles. The summed E-state index contributed by atoms with van der Waals surface area (Å²) in [5.41, 5.74) is 0. The third kappa shape index (κ3) is 3.52. The van der Waals surface area contributed by atoms with Crippen molar-refractivity contribution in [3.05, 3.63) is 0 Å². The quantitative estimate of drug-likeness (QED) is 0.608. The van der Waals surface area contributed by atoms with Crippen LogP contribution in [-0.4, -0.2) is 49.0 Å². The summed E-state index contributed by atoms with van der Waals surface area (Å²) in [6.45, 7) is 8.54. The molecule has 0 atom stereocenters. The van der Waals surface area contributed by atoms with Crippen molar-refractivity contribution >= 4 is 0 Å². The van der Waals surface area contributed by atoms with Gasteiger partial charge in [-0.1, -0.05) is 13.8 Å². The lowest BCUT2D eigenvalue weighted by Gasteiger charge is -2.35. The highest BCUT2D eigenvalue weighted by Crippen LogP contribution is 2.05. The lowest BCUT2D eigenvalue weighted by Crippen LogP contribution is -2.51. The first-order chi connectivity index (χ1) is 5.68. The van der Waals surface area contributed by atoms with Crippen LogP contribution in [0.4, 0.5) is 0 Å². The maximum absolute atomic E-state index is 8.98. The molecule has 0 aromatic carbocycles. The molecule has 12 heavy (non-hydrogen) atoms. The van der Waals surface area contributed by atoms with Crippen LogP contribution < -0.4 is 0 Å². The van der Waals surface area contributed by atoms with Crippen molar-refractivity contribution in [3.8, 4) is 0 Å². The monoisotopic (exact) mass is 173 g/mol. The predicted octanol–water partition coefficient (Wildman–Crippen LogP) is 0.336. The van der Waals surface area contributed by atoms with Gasteiger partial charge in [0, 0.05) is 26.2 Å². The van der Waals surface area contributed by atoms with Crippen LogP contribution in [0.5, 0.6) is 0 Å². The Balaban J connectivity index is 1.83. The largest absolute Gasteiger partial charge is 0.390 e. The molecular formula is C9H19NO2. The van der Waals surface area contributed by atoms with Gasteiger partial charge in [-0.25, -0.2) is 0 Å². The fourth-order valence-corrected chi connectivity index (χ4v) is 1.24. The maximum Gasteiger partial charge on any atom is 0.0793 e. The third-order valence-electron chi connectivity index (χ3n) is 1.94. The molecule has 72 valence electrons. The summed E-state index contributed by atoms with van der Waals surface area (Å²) in [5, 5.41) is 8.98. The molecule has 0 bridgehead atoms. The summed E-state index contributed by atoms with van der Waals surface area (Å²) >= 11 is 0. The zero-order valence-corrected chi connectivity index (χ0v) is 7.99. The fraction of sp³-hybridized carbons (Fsp3) is 1.00. The number of aliphatic hydroxyl groups is 1. The molecule has 0 aliphatic carbocycles. The molecule has 1 N–H and O–H groups in total. The Kier molecular flexibility index (Phi) is 3.98. The Morgan fingerprint density at radius 2 is 2.17 bits per heavy atom. The Hall–Kier alpha value is -0.120. The molecule has 1 heterocycles. The summed E-state index contributed by atoms with van der Waals surface area (Å²) in [6.07, 6.45) is -0.0879. The van der Waals surface area contributed by atoms with E-state index in [4.69, 9.17) is 9.84 Å². The fourth-order valence-electron chi connectivity index (χ4n) is 1.24. The molecule has 0 unspecified atom stereocenters. The highest BCUT2D eigenvalue weighted by atomic mass is 16.5. The molecule has 1 fully saturated rings. The molecule has 0 aromatic rings.